The average molecular weight is 407 g/mol. The number of hydrogen-bond acceptors (Lipinski definition) is 3. The number of rotatable bonds is 4. The van der Waals surface area contributed by atoms with Crippen molar-refractivity contribution in [3.63, 3.8) is 0 Å². The van der Waals surface area contributed by atoms with Crippen LogP contribution in [0.25, 0.3) is 44.8 Å². The van der Waals surface area contributed by atoms with Crippen LogP contribution in [0.5, 0.6) is 0 Å². The van der Waals surface area contributed by atoms with Gasteiger partial charge in [-0.3, -0.25) is 0 Å². The van der Waals surface area contributed by atoms with E-state index in [-0.39, 0.29) is 5.97 Å². The minimum absolute atomic E-state index is 0.357. The zero-order valence-corrected chi connectivity index (χ0v) is 17.3. The number of carbonyl (C=O) groups is 1. The van der Waals surface area contributed by atoms with E-state index in [0.717, 1.165) is 44.8 Å². The molecule has 0 amide bonds. The van der Waals surface area contributed by atoms with Crippen molar-refractivity contribution in [3.05, 3.63) is 90.1 Å². The Morgan fingerprint density at radius 1 is 0.935 bits per heavy atom. The summed E-state index contributed by atoms with van der Waals surface area (Å²) < 4.78 is 4.83. The van der Waals surface area contributed by atoms with E-state index in [1.165, 1.54) is 12.7 Å². The first-order valence-electron chi connectivity index (χ1n) is 10.1. The predicted octanol–water partition coefficient (Wildman–Crippen LogP) is 5.99. The number of carbonyl (C=O) groups excluding carboxylic acids is 1. The molecular weight excluding hydrogens is 386 g/mol. The van der Waals surface area contributed by atoms with Crippen LogP contribution in [-0.4, -0.2) is 28.0 Å². The fourth-order valence-electron chi connectivity index (χ4n) is 3.88. The molecule has 2 aromatic heterocycles. The highest BCUT2D eigenvalue weighted by molar-refractivity contribution is 6.00. The monoisotopic (exact) mass is 407 g/mol. The van der Waals surface area contributed by atoms with Gasteiger partial charge in [0, 0.05) is 33.8 Å². The van der Waals surface area contributed by atoms with E-state index in [2.05, 4.69) is 47.2 Å². The lowest BCUT2D eigenvalue weighted by atomic mass is 10.0. The van der Waals surface area contributed by atoms with E-state index in [4.69, 9.17) is 9.72 Å². The molecule has 3 aromatic carbocycles. The van der Waals surface area contributed by atoms with Crippen LogP contribution >= 0.6 is 0 Å². The van der Waals surface area contributed by atoms with Crippen LogP contribution in [0.2, 0.25) is 0 Å². The van der Waals surface area contributed by atoms with Gasteiger partial charge in [-0.2, -0.15) is 0 Å². The Kier molecular flexibility index (Phi) is 4.64. The molecule has 0 aliphatic carbocycles. The van der Waals surface area contributed by atoms with Crippen molar-refractivity contribution in [2.24, 2.45) is 0 Å². The number of aromatic amines is 2. The molecule has 5 aromatic rings. The number of fused-ring (bicyclic) bond motifs is 1. The second-order valence-corrected chi connectivity index (χ2v) is 7.50. The van der Waals surface area contributed by atoms with E-state index in [1.807, 2.05) is 36.5 Å². The van der Waals surface area contributed by atoms with Crippen molar-refractivity contribution < 1.29 is 9.53 Å². The molecule has 31 heavy (non-hydrogen) atoms. The number of imidazole rings is 1. The summed E-state index contributed by atoms with van der Waals surface area (Å²) in [5.74, 6) is 0.413. The molecule has 0 bridgehead atoms. The highest BCUT2D eigenvalue weighted by Crippen LogP contribution is 2.35. The maximum absolute atomic E-state index is 11.9. The lowest BCUT2D eigenvalue weighted by Crippen LogP contribution is -2.00. The topological polar surface area (TPSA) is 70.8 Å². The fraction of sp³-hybridized carbons (Fsp3) is 0.0769. The van der Waals surface area contributed by atoms with Crippen LogP contribution < -0.4 is 0 Å². The first-order valence-corrected chi connectivity index (χ1v) is 10.1. The highest BCUT2D eigenvalue weighted by atomic mass is 16.5. The summed E-state index contributed by atoms with van der Waals surface area (Å²) in [5, 5.41) is 0.983. The molecule has 5 heteroatoms. The lowest BCUT2D eigenvalue weighted by Gasteiger charge is -2.04. The average Bonchev–Trinajstić information content (AvgIpc) is 3.43. The Bertz CT molecular complexity index is 1400. The van der Waals surface area contributed by atoms with Crippen LogP contribution in [-0.2, 0) is 4.74 Å². The van der Waals surface area contributed by atoms with Gasteiger partial charge in [-0.1, -0.05) is 60.2 Å². The van der Waals surface area contributed by atoms with Gasteiger partial charge in [-0.15, -0.1) is 0 Å². The van der Waals surface area contributed by atoms with Crippen LogP contribution in [0.4, 0.5) is 0 Å². The van der Waals surface area contributed by atoms with Gasteiger partial charge in [0.2, 0.25) is 0 Å². The Morgan fingerprint density at radius 2 is 1.74 bits per heavy atom. The number of hydrogen-bond donors (Lipinski definition) is 2. The number of ether oxygens (including phenoxy) is 1. The third kappa shape index (κ3) is 3.40. The molecule has 2 N–H and O–H groups in total. The maximum Gasteiger partial charge on any atom is 0.337 e. The quantitative estimate of drug-likeness (QED) is 0.360. The second-order valence-electron chi connectivity index (χ2n) is 7.50. The predicted molar refractivity (Wildman–Crippen MR) is 123 cm³/mol. The third-order valence-electron chi connectivity index (χ3n) is 5.42. The largest absolute Gasteiger partial charge is 0.465 e. The highest BCUT2D eigenvalue weighted by Gasteiger charge is 2.18. The molecule has 0 aliphatic heterocycles. The number of esters is 1. The Hall–Kier alpha value is -4.12. The third-order valence-corrected chi connectivity index (χ3v) is 5.42. The number of nitrogens with zero attached hydrogens (tertiary/aromatic N) is 1. The number of benzene rings is 3. The number of methoxy groups -OCH3 is 1. The van der Waals surface area contributed by atoms with Crippen molar-refractivity contribution in [3.8, 4) is 33.9 Å². The first kappa shape index (κ1) is 18.9. The number of aromatic nitrogens is 3. The number of H-pyrrole nitrogens is 2. The minimum Gasteiger partial charge on any atom is -0.465 e. The summed E-state index contributed by atoms with van der Waals surface area (Å²) in [7, 11) is 1.38. The van der Waals surface area contributed by atoms with E-state index in [0.29, 0.717) is 5.56 Å². The fourth-order valence-corrected chi connectivity index (χ4v) is 3.88. The van der Waals surface area contributed by atoms with Crippen LogP contribution in [0.3, 0.4) is 0 Å². The van der Waals surface area contributed by atoms with Crippen LogP contribution in [0.15, 0.2) is 79.0 Å². The number of nitrogens with one attached hydrogen (secondary N) is 2. The summed E-state index contributed by atoms with van der Waals surface area (Å²) in [6.45, 7) is 2.08. The van der Waals surface area contributed by atoms with E-state index in [9.17, 15) is 4.79 Å². The summed E-state index contributed by atoms with van der Waals surface area (Å²) in [4.78, 5) is 23.7. The smallest absolute Gasteiger partial charge is 0.337 e. The Morgan fingerprint density at radius 3 is 2.52 bits per heavy atom. The van der Waals surface area contributed by atoms with Crippen molar-refractivity contribution in [1.29, 1.82) is 0 Å². The summed E-state index contributed by atoms with van der Waals surface area (Å²) in [6.07, 6.45) is 1.92. The summed E-state index contributed by atoms with van der Waals surface area (Å²) in [5.41, 5.74) is 7.51. The van der Waals surface area contributed by atoms with Gasteiger partial charge in [-0.05, 0) is 25.1 Å². The first-order chi connectivity index (χ1) is 15.1. The van der Waals surface area contributed by atoms with Gasteiger partial charge in [0.15, 0.2) is 0 Å². The lowest BCUT2D eigenvalue weighted by molar-refractivity contribution is 0.0601. The van der Waals surface area contributed by atoms with Crippen molar-refractivity contribution in [2.45, 2.75) is 6.92 Å². The maximum atomic E-state index is 11.9. The van der Waals surface area contributed by atoms with E-state index < -0.39 is 0 Å². The van der Waals surface area contributed by atoms with Gasteiger partial charge >= 0.3 is 5.97 Å². The van der Waals surface area contributed by atoms with Gasteiger partial charge < -0.3 is 14.7 Å². The van der Waals surface area contributed by atoms with Crippen molar-refractivity contribution >= 4 is 16.9 Å². The van der Waals surface area contributed by atoms with Gasteiger partial charge in [0.25, 0.3) is 0 Å². The zero-order chi connectivity index (χ0) is 21.4. The Balaban J connectivity index is 1.68. The molecular formula is C26H21N3O2. The normalized spacial score (nSPS) is 11.0. The van der Waals surface area contributed by atoms with Gasteiger partial charge in [-0.25, -0.2) is 9.78 Å². The van der Waals surface area contributed by atoms with Crippen LogP contribution in [0.1, 0.15) is 15.9 Å². The molecule has 5 nitrogen and oxygen atoms in total. The molecule has 5 rings (SSSR count). The standard InChI is InChI=1S/C26H21N3O2/c1-16-7-6-10-18(13-16)24-23(17-8-4-3-5-9-17)28-25(29-24)21-15-27-22-14-19(26(30)31-2)11-12-20(21)22/h3-15,27H,1-2H3,(H,28,29). The molecule has 0 aliphatic rings. The molecule has 0 radical (unpaired) electrons. The molecule has 2 heterocycles. The van der Waals surface area contributed by atoms with E-state index >= 15 is 0 Å². The van der Waals surface area contributed by atoms with Gasteiger partial charge in [0.1, 0.15) is 5.82 Å². The molecule has 0 saturated carbocycles. The second kappa shape index (κ2) is 7.61. The molecule has 0 saturated heterocycles. The van der Waals surface area contributed by atoms with Gasteiger partial charge in [0.05, 0.1) is 24.1 Å². The van der Waals surface area contributed by atoms with E-state index in [1.54, 1.807) is 12.1 Å². The molecule has 0 fully saturated rings. The SMILES string of the molecule is COC(=O)c1ccc2c(-c3nc(-c4cccc(C)c4)c(-c4ccccc4)[nH]3)c[nH]c2c1. The number of aryl methyl sites for hydroxylation is 1. The summed E-state index contributed by atoms with van der Waals surface area (Å²) in [6, 6.07) is 24.1. The molecule has 152 valence electrons. The Labute approximate surface area is 179 Å². The molecule has 0 atom stereocenters. The molecule has 0 spiro atoms. The van der Waals surface area contributed by atoms with Crippen LogP contribution in [0, 0.1) is 6.92 Å². The molecule has 0 unspecified atom stereocenters. The minimum atomic E-state index is -0.357. The zero-order valence-electron chi connectivity index (χ0n) is 17.3. The van der Waals surface area contributed by atoms with Crippen molar-refractivity contribution in [1.82, 2.24) is 15.0 Å². The van der Waals surface area contributed by atoms with Crippen molar-refractivity contribution in [2.75, 3.05) is 7.11 Å². The summed E-state index contributed by atoms with van der Waals surface area (Å²) >= 11 is 0.